The van der Waals surface area contributed by atoms with Crippen molar-refractivity contribution in [1.29, 1.82) is 0 Å². The molecule has 2 amide bonds. The third-order valence-electron chi connectivity index (χ3n) is 6.05. The van der Waals surface area contributed by atoms with E-state index in [0.29, 0.717) is 38.2 Å². The number of carbonyl (C=O) groups excluding carboxylic acids is 2. The van der Waals surface area contributed by atoms with Crippen molar-refractivity contribution in [1.82, 2.24) is 15.1 Å². The van der Waals surface area contributed by atoms with Crippen LogP contribution < -0.4 is 5.32 Å². The number of benzene rings is 1. The number of rotatable bonds is 6. The van der Waals surface area contributed by atoms with Crippen LogP contribution >= 0.6 is 0 Å². The monoisotopic (exact) mass is 395 g/mol. The molecule has 0 atom stereocenters. The normalized spacial score (nSPS) is 18.1. The van der Waals surface area contributed by atoms with Gasteiger partial charge in [-0.15, -0.1) is 0 Å². The number of hydrogen-bond acceptors (Lipinski definition) is 4. The number of nitrogens with zero attached hydrogens (tertiary/aromatic N) is 2. The van der Waals surface area contributed by atoms with Crippen LogP contribution in [0.4, 0.5) is 0 Å². The molecule has 1 aromatic carbocycles. The number of furan rings is 1. The van der Waals surface area contributed by atoms with Gasteiger partial charge in [-0.3, -0.25) is 14.5 Å². The van der Waals surface area contributed by atoms with Crippen LogP contribution in [0.1, 0.15) is 47.4 Å². The fourth-order valence-corrected chi connectivity index (χ4v) is 4.29. The second kappa shape index (κ2) is 9.27. The molecule has 2 saturated heterocycles. The Morgan fingerprint density at radius 3 is 2.38 bits per heavy atom. The van der Waals surface area contributed by atoms with Crippen molar-refractivity contribution in [3.05, 3.63) is 59.5 Å². The van der Waals surface area contributed by atoms with Crippen molar-refractivity contribution in [3.8, 4) is 0 Å². The fraction of sp³-hybridized carbons (Fsp3) is 0.478. The number of carbonyl (C=O) groups is 2. The van der Waals surface area contributed by atoms with Crippen LogP contribution in [0.15, 0.2) is 47.1 Å². The molecule has 0 bridgehead atoms. The molecule has 1 N–H and O–H groups in total. The molecule has 0 aliphatic carbocycles. The minimum absolute atomic E-state index is 0.0404. The summed E-state index contributed by atoms with van der Waals surface area (Å²) in [7, 11) is 0. The van der Waals surface area contributed by atoms with Gasteiger partial charge in [0.2, 0.25) is 5.91 Å². The predicted molar refractivity (Wildman–Crippen MR) is 110 cm³/mol. The number of amides is 2. The lowest BCUT2D eigenvalue weighted by Gasteiger charge is -2.30. The van der Waals surface area contributed by atoms with Gasteiger partial charge in [-0.05, 0) is 62.0 Å². The Bertz CT molecular complexity index is 820. The Morgan fingerprint density at radius 2 is 1.69 bits per heavy atom. The van der Waals surface area contributed by atoms with Gasteiger partial charge in [-0.2, -0.15) is 0 Å². The molecule has 4 rings (SSSR count). The van der Waals surface area contributed by atoms with Crippen LogP contribution in [0.3, 0.4) is 0 Å². The van der Waals surface area contributed by atoms with Crippen LogP contribution in [0.25, 0.3) is 0 Å². The molecule has 0 spiro atoms. The molecule has 29 heavy (non-hydrogen) atoms. The molecule has 0 saturated carbocycles. The van der Waals surface area contributed by atoms with Crippen molar-refractivity contribution < 1.29 is 14.0 Å². The molecule has 6 nitrogen and oxygen atoms in total. The third-order valence-corrected chi connectivity index (χ3v) is 6.05. The first-order valence-corrected chi connectivity index (χ1v) is 10.6. The van der Waals surface area contributed by atoms with E-state index in [9.17, 15) is 9.59 Å². The summed E-state index contributed by atoms with van der Waals surface area (Å²) in [4.78, 5) is 29.3. The van der Waals surface area contributed by atoms with Crippen LogP contribution in [0.5, 0.6) is 0 Å². The van der Waals surface area contributed by atoms with Gasteiger partial charge in [0.1, 0.15) is 0 Å². The number of nitrogens with one attached hydrogen (secondary N) is 1. The van der Waals surface area contributed by atoms with E-state index in [1.165, 1.54) is 30.2 Å². The van der Waals surface area contributed by atoms with Crippen molar-refractivity contribution in [2.75, 3.05) is 26.2 Å². The zero-order valence-corrected chi connectivity index (χ0v) is 16.8. The largest absolute Gasteiger partial charge is 0.459 e. The van der Waals surface area contributed by atoms with Gasteiger partial charge in [0.05, 0.1) is 6.26 Å². The summed E-state index contributed by atoms with van der Waals surface area (Å²) >= 11 is 0. The Morgan fingerprint density at radius 1 is 0.966 bits per heavy atom. The highest BCUT2D eigenvalue weighted by molar-refractivity contribution is 5.91. The zero-order chi connectivity index (χ0) is 20.1. The lowest BCUT2D eigenvalue weighted by molar-refractivity contribution is -0.126. The quantitative estimate of drug-likeness (QED) is 0.817. The summed E-state index contributed by atoms with van der Waals surface area (Å²) < 4.78 is 5.20. The van der Waals surface area contributed by atoms with Crippen molar-refractivity contribution in [2.45, 2.75) is 38.8 Å². The van der Waals surface area contributed by atoms with E-state index in [4.69, 9.17) is 4.42 Å². The second-order valence-corrected chi connectivity index (χ2v) is 8.01. The Balaban J connectivity index is 1.27. The summed E-state index contributed by atoms with van der Waals surface area (Å²) in [5, 5.41) is 3.13. The molecule has 0 radical (unpaired) electrons. The average molecular weight is 396 g/mol. The molecular formula is C23H29N3O3. The molecule has 1 aromatic heterocycles. The molecule has 0 unspecified atom stereocenters. The highest BCUT2D eigenvalue weighted by Gasteiger charge is 2.28. The molecule has 2 aromatic rings. The van der Waals surface area contributed by atoms with E-state index >= 15 is 0 Å². The van der Waals surface area contributed by atoms with Crippen molar-refractivity contribution in [3.63, 3.8) is 0 Å². The molecule has 2 aliphatic rings. The van der Waals surface area contributed by atoms with Gasteiger partial charge in [-0.25, -0.2) is 0 Å². The maximum absolute atomic E-state index is 12.7. The SMILES string of the molecule is O=C(NCc1ccccc1CN1CCCC1)C1CCN(C(=O)c2ccco2)CC1. The first kappa shape index (κ1) is 19.7. The number of piperidine rings is 1. The molecular weight excluding hydrogens is 366 g/mol. The second-order valence-electron chi connectivity index (χ2n) is 8.01. The van der Waals surface area contributed by atoms with Gasteiger partial charge in [0, 0.05) is 32.1 Å². The minimum atomic E-state index is -0.0929. The van der Waals surface area contributed by atoms with Gasteiger partial charge in [0.25, 0.3) is 5.91 Å². The minimum Gasteiger partial charge on any atom is -0.459 e. The van der Waals surface area contributed by atoms with Crippen LogP contribution in [0, 0.1) is 5.92 Å². The van der Waals surface area contributed by atoms with E-state index in [-0.39, 0.29) is 17.7 Å². The lowest BCUT2D eigenvalue weighted by Crippen LogP contribution is -2.42. The maximum Gasteiger partial charge on any atom is 0.289 e. The van der Waals surface area contributed by atoms with Crippen molar-refractivity contribution >= 4 is 11.8 Å². The Labute approximate surface area is 171 Å². The van der Waals surface area contributed by atoms with Crippen molar-refractivity contribution in [2.24, 2.45) is 5.92 Å². The van der Waals surface area contributed by atoms with E-state index in [1.807, 2.05) is 6.07 Å². The Hall–Kier alpha value is -2.60. The van der Waals surface area contributed by atoms with Gasteiger partial charge < -0.3 is 14.6 Å². The van der Waals surface area contributed by atoms with E-state index < -0.39 is 0 Å². The molecule has 2 fully saturated rings. The van der Waals surface area contributed by atoms with Gasteiger partial charge in [0.15, 0.2) is 5.76 Å². The highest BCUT2D eigenvalue weighted by Crippen LogP contribution is 2.20. The van der Waals surface area contributed by atoms with Crippen LogP contribution in [-0.2, 0) is 17.9 Å². The summed E-state index contributed by atoms with van der Waals surface area (Å²) in [5.74, 6) is 0.319. The summed E-state index contributed by atoms with van der Waals surface area (Å²) in [5.41, 5.74) is 2.49. The summed E-state index contributed by atoms with van der Waals surface area (Å²) in [6, 6.07) is 11.8. The highest BCUT2D eigenvalue weighted by atomic mass is 16.3. The third kappa shape index (κ3) is 4.88. The van der Waals surface area contributed by atoms with Gasteiger partial charge >= 0.3 is 0 Å². The smallest absolute Gasteiger partial charge is 0.289 e. The Kier molecular flexibility index (Phi) is 6.30. The number of hydrogen-bond donors (Lipinski definition) is 1. The predicted octanol–water partition coefficient (Wildman–Crippen LogP) is 3.04. The molecule has 3 heterocycles. The molecule has 6 heteroatoms. The molecule has 154 valence electrons. The van der Waals surface area contributed by atoms with E-state index in [1.54, 1.807) is 17.0 Å². The van der Waals surface area contributed by atoms with E-state index in [2.05, 4.69) is 28.4 Å². The summed E-state index contributed by atoms with van der Waals surface area (Å²) in [6.07, 6.45) is 5.44. The standard InChI is InChI=1S/C23H29N3O3/c27-22(18-9-13-26(14-10-18)23(28)21-8-5-15-29-21)24-16-19-6-1-2-7-20(19)17-25-11-3-4-12-25/h1-2,5-8,15,18H,3-4,9-14,16-17H2,(H,24,27). The van der Waals surface area contributed by atoms with Gasteiger partial charge in [-0.1, -0.05) is 24.3 Å². The average Bonchev–Trinajstić information content (AvgIpc) is 3.47. The lowest BCUT2D eigenvalue weighted by atomic mass is 9.95. The first-order valence-electron chi connectivity index (χ1n) is 10.6. The molecule has 2 aliphatic heterocycles. The number of likely N-dealkylation sites (tertiary alicyclic amines) is 2. The maximum atomic E-state index is 12.7. The fourth-order valence-electron chi connectivity index (χ4n) is 4.29. The topological polar surface area (TPSA) is 65.8 Å². The zero-order valence-electron chi connectivity index (χ0n) is 16.8. The summed E-state index contributed by atoms with van der Waals surface area (Å²) in [6.45, 7) is 5.02. The van der Waals surface area contributed by atoms with E-state index in [0.717, 1.165) is 19.6 Å². The van der Waals surface area contributed by atoms with Crippen LogP contribution in [0.2, 0.25) is 0 Å². The first-order chi connectivity index (χ1) is 14.2. The van der Waals surface area contributed by atoms with Crippen LogP contribution in [-0.4, -0.2) is 47.8 Å².